The van der Waals surface area contributed by atoms with E-state index < -0.39 is 5.97 Å². The van der Waals surface area contributed by atoms with Gasteiger partial charge in [0.15, 0.2) is 6.61 Å². The molecule has 0 aliphatic carbocycles. The fraction of sp³-hybridized carbons (Fsp3) is 0.263. The second kappa shape index (κ2) is 8.37. The van der Waals surface area contributed by atoms with E-state index in [1.807, 2.05) is 4.90 Å². The van der Waals surface area contributed by atoms with Crippen molar-refractivity contribution in [2.24, 2.45) is 0 Å². The SMILES string of the molecule is O=C(OCc1nc(-c2ccc(Cl)cc2)no1)c1cccnc1N1CCOCC1. The highest BCUT2D eigenvalue weighted by atomic mass is 35.5. The number of hydrogen-bond acceptors (Lipinski definition) is 8. The van der Waals surface area contributed by atoms with Crippen LogP contribution in [0.15, 0.2) is 47.1 Å². The number of nitrogens with zero attached hydrogens (tertiary/aromatic N) is 4. The smallest absolute Gasteiger partial charge is 0.342 e. The predicted molar refractivity (Wildman–Crippen MR) is 101 cm³/mol. The Labute approximate surface area is 166 Å². The summed E-state index contributed by atoms with van der Waals surface area (Å²) >= 11 is 5.88. The molecular weight excluding hydrogens is 384 g/mol. The number of carbonyl (C=O) groups excluding carboxylic acids is 1. The van der Waals surface area contributed by atoms with Crippen LogP contribution in [0.4, 0.5) is 5.82 Å². The van der Waals surface area contributed by atoms with E-state index >= 15 is 0 Å². The van der Waals surface area contributed by atoms with Crippen LogP contribution in [0.3, 0.4) is 0 Å². The van der Waals surface area contributed by atoms with Crippen LogP contribution in [-0.4, -0.2) is 47.4 Å². The topological polar surface area (TPSA) is 90.6 Å². The first-order valence-electron chi connectivity index (χ1n) is 8.74. The van der Waals surface area contributed by atoms with Crippen molar-refractivity contribution in [3.8, 4) is 11.4 Å². The molecule has 0 saturated carbocycles. The van der Waals surface area contributed by atoms with Gasteiger partial charge in [-0.15, -0.1) is 0 Å². The highest BCUT2D eigenvalue weighted by molar-refractivity contribution is 6.30. The molecule has 8 nitrogen and oxygen atoms in total. The Hall–Kier alpha value is -2.97. The van der Waals surface area contributed by atoms with Gasteiger partial charge in [0, 0.05) is 29.9 Å². The van der Waals surface area contributed by atoms with Gasteiger partial charge >= 0.3 is 5.97 Å². The number of carbonyl (C=O) groups is 1. The number of morpholine rings is 1. The first kappa shape index (κ1) is 18.4. The molecule has 1 saturated heterocycles. The first-order chi connectivity index (χ1) is 13.7. The molecule has 28 heavy (non-hydrogen) atoms. The van der Waals surface area contributed by atoms with Crippen LogP contribution in [0, 0.1) is 0 Å². The van der Waals surface area contributed by atoms with Crippen LogP contribution in [0.1, 0.15) is 16.2 Å². The number of aromatic nitrogens is 3. The van der Waals surface area contributed by atoms with Crippen molar-refractivity contribution in [1.29, 1.82) is 0 Å². The number of benzene rings is 1. The fourth-order valence-corrected chi connectivity index (χ4v) is 2.94. The second-order valence-electron chi connectivity index (χ2n) is 6.07. The Morgan fingerprint density at radius 2 is 1.96 bits per heavy atom. The molecule has 1 aliphatic heterocycles. The molecule has 3 heterocycles. The zero-order valence-electron chi connectivity index (χ0n) is 14.9. The predicted octanol–water partition coefficient (Wildman–Crippen LogP) is 2.98. The normalized spacial score (nSPS) is 14.1. The monoisotopic (exact) mass is 400 g/mol. The third-order valence-electron chi connectivity index (χ3n) is 4.21. The third kappa shape index (κ3) is 4.13. The average molecular weight is 401 g/mol. The molecule has 0 N–H and O–H groups in total. The molecule has 0 spiro atoms. The molecule has 144 valence electrons. The lowest BCUT2D eigenvalue weighted by Crippen LogP contribution is -2.37. The van der Waals surface area contributed by atoms with Gasteiger partial charge in [0.1, 0.15) is 11.4 Å². The standard InChI is InChI=1S/C19H17ClN4O4/c20-14-5-3-13(4-6-14)17-22-16(28-23-17)12-27-19(25)15-2-1-7-21-18(15)24-8-10-26-11-9-24/h1-7H,8-12H2. The van der Waals surface area contributed by atoms with Gasteiger partial charge in [-0.3, -0.25) is 0 Å². The Bertz CT molecular complexity index is 955. The van der Waals surface area contributed by atoms with Crippen LogP contribution in [-0.2, 0) is 16.1 Å². The number of anilines is 1. The average Bonchev–Trinajstić information content (AvgIpc) is 3.22. The molecule has 0 unspecified atom stereocenters. The fourth-order valence-electron chi connectivity index (χ4n) is 2.82. The molecule has 2 aromatic heterocycles. The first-order valence-corrected chi connectivity index (χ1v) is 9.12. The zero-order valence-corrected chi connectivity index (χ0v) is 15.6. The van der Waals surface area contributed by atoms with E-state index in [2.05, 4.69) is 15.1 Å². The Kier molecular flexibility index (Phi) is 5.50. The summed E-state index contributed by atoms with van der Waals surface area (Å²) in [5.41, 5.74) is 1.15. The molecule has 1 aliphatic rings. The van der Waals surface area contributed by atoms with Crippen LogP contribution in [0.25, 0.3) is 11.4 Å². The van der Waals surface area contributed by atoms with E-state index in [-0.39, 0.29) is 12.5 Å². The van der Waals surface area contributed by atoms with Gasteiger partial charge in [-0.25, -0.2) is 9.78 Å². The summed E-state index contributed by atoms with van der Waals surface area (Å²) in [6.45, 7) is 2.41. The highest BCUT2D eigenvalue weighted by Gasteiger charge is 2.21. The third-order valence-corrected chi connectivity index (χ3v) is 4.47. The lowest BCUT2D eigenvalue weighted by Gasteiger charge is -2.28. The van der Waals surface area contributed by atoms with E-state index in [1.54, 1.807) is 42.6 Å². The van der Waals surface area contributed by atoms with Gasteiger partial charge in [-0.2, -0.15) is 4.98 Å². The molecule has 4 rings (SSSR count). The van der Waals surface area contributed by atoms with E-state index in [0.717, 1.165) is 5.56 Å². The highest BCUT2D eigenvalue weighted by Crippen LogP contribution is 2.21. The number of pyridine rings is 1. The van der Waals surface area contributed by atoms with Crippen molar-refractivity contribution >= 4 is 23.4 Å². The molecule has 1 aromatic carbocycles. The lowest BCUT2D eigenvalue weighted by molar-refractivity contribution is 0.0429. The summed E-state index contributed by atoms with van der Waals surface area (Å²) in [5.74, 6) is 0.692. The summed E-state index contributed by atoms with van der Waals surface area (Å²) in [5, 5.41) is 4.52. The summed E-state index contributed by atoms with van der Waals surface area (Å²) < 4.78 is 15.9. The van der Waals surface area contributed by atoms with Crippen LogP contribution < -0.4 is 4.90 Å². The van der Waals surface area contributed by atoms with Gasteiger partial charge < -0.3 is 18.9 Å². The molecular formula is C19H17ClN4O4. The number of esters is 1. The lowest BCUT2D eigenvalue weighted by atomic mass is 10.2. The zero-order chi connectivity index (χ0) is 19.3. The van der Waals surface area contributed by atoms with Gasteiger partial charge in [0.2, 0.25) is 5.82 Å². The number of halogens is 1. The van der Waals surface area contributed by atoms with E-state index in [1.165, 1.54) is 0 Å². The van der Waals surface area contributed by atoms with Crippen molar-refractivity contribution < 1.29 is 18.8 Å². The van der Waals surface area contributed by atoms with Gasteiger partial charge in [-0.05, 0) is 36.4 Å². The molecule has 0 amide bonds. The minimum atomic E-state index is -0.499. The van der Waals surface area contributed by atoms with E-state index in [0.29, 0.717) is 48.5 Å². The number of ether oxygens (including phenoxy) is 2. The minimum Gasteiger partial charge on any atom is -0.452 e. The number of hydrogen-bond donors (Lipinski definition) is 0. The van der Waals surface area contributed by atoms with Crippen molar-refractivity contribution in [3.63, 3.8) is 0 Å². The summed E-state index contributed by atoms with van der Waals surface area (Å²) in [6, 6.07) is 10.4. The molecule has 0 atom stereocenters. The molecule has 9 heteroatoms. The van der Waals surface area contributed by atoms with Gasteiger partial charge in [0.05, 0.1) is 13.2 Å². The largest absolute Gasteiger partial charge is 0.452 e. The molecule has 0 radical (unpaired) electrons. The second-order valence-corrected chi connectivity index (χ2v) is 6.51. The maximum Gasteiger partial charge on any atom is 0.342 e. The Balaban J connectivity index is 1.43. The van der Waals surface area contributed by atoms with Crippen LogP contribution >= 0.6 is 11.6 Å². The quantitative estimate of drug-likeness (QED) is 0.604. The molecule has 0 bridgehead atoms. The van der Waals surface area contributed by atoms with Gasteiger partial charge in [-0.1, -0.05) is 16.8 Å². The maximum absolute atomic E-state index is 12.6. The van der Waals surface area contributed by atoms with Crippen LogP contribution in [0.5, 0.6) is 0 Å². The van der Waals surface area contributed by atoms with Crippen molar-refractivity contribution in [2.45, 2.75) is 6.61 Å². The Morgan fingerprint density at radius 1 is 1.18 bits per heavy atom. The van der Waals surface area contributed by atoms with E-state index in [4.69, 9.17) is 25.6 Å². The van der Waals surface area contributed by atoms with Crippen LogP contribution in [0.2, 0.25) is 5.02 Å². The Morgan fingerprint density at radius 3 is 2.75 bits per heavy atom. The summed E-state index contributed by atoms with van der Waals surface area (Å²) in [6.07, 6.45) is 1.65. The molecule has 3 aromatic rings. The number of rotatable bonds is 5. The van der Waals surface area contributed by atoms with Crippen molar-refractivity contribution in [1.82, 2.24) is 15.1 Å². The molecule has 1 fully saturated rings. The summed E-state index contributed by atoms with van der Waals surface area (Å²) in [7, 11) is 0. The van der Waals surface area contributed by atoms with Crippen molar-refractivity contribution in [3.05, 3.63) is 59.1 Å². The van der Waals surface area contributed by atoms with E-state index in [9.17, 15) is 4.79 Å². The maximum atomic E-state index is 12.6. The van der Waals surface area contributed by atoms with Crippen molar-refractivity contribution in [2.75, 3.05) is 31.2 Å². The summed E-state index contributed by atoms with van der Waals surface area (Å²) in [4.78, 5) is 23.2. The van der Waals surface area contributed by atoms with Gasteiger partial charge in [0.25, 0.3) is 5.89 Å². The minimum absolute atomic E-state index is 0.128.